The van der Waals surface area contributed by atoms with Gasteiger partial charge in [0, 0.05) is 120 Å². The Bertz CT molecular complexity index is 2340. The predicted octanol–water partition coefficient (Wildman–Crippen LogP) is 4.22. The molecular weight excluding hydrogens is 806 g/mol. The van der Waals surface area contributed by atoms with E-state index in [2.05, 4.69) is 48.0 Å². The van der Waals surface area contributed by atoms with E-state index in [0.29, 0.717) is 33.8 Å². The Hall–Kier alpha value is -5.49. The molecule has 6 fully saturated rings. The number of nitrogens with one attached hydrogen (secondary N) is 1. The molecule has 1 unspecified atom stereocenters. The molecule has 7 heterocycles. The third-order valence-corrected chi connectivity index (χ3v) is 15.3. The SMILES string of the molecule is N#Cc1ccc(N2CCC3(CCN(C(=O)c4ccc(N5CCN(C6CCN(C7CN(c8ccc9c(c8)C(=O)N(C8CCC(=O)NC8=O)C9=O)C7)CC6)CC5)cc4)CC3)C2)cc1Cl. The highest BCUT2D eigenvalue weighted by Gasteiger charge is 2.46. The first-order valence-electron chi connectivity index (χ1n) is 22.2. The zero-order valence-corrected chi connectivity index (χ0v) is 35.7. The van der Waals surface area contributed by atoms with E-state index < -0.39 is 23.8 Å². The monoisotopic (exact) mass is 857 g/mol. The zero-order chi connectivity index (χ0) is 42.7. The van der Waals surface area contributed by atoms with Gasteiger partial charge in [-0.25, -0.2) is 0 Å². The molecule has 14 nitrogen and oxygen atoms in total. The van der Waals surface area contributed by atoms with E-state index >= 15 is 0 Å². The first-order chi connectivity index (χ1) is 30.1. The van der Waals surface area contributed by atoms with Crippen molar-refractivity contribution in [2.24, 2.45) is 5.41 Å². The lowest BCUT2D eigenvalue weighted by molar-refractivity contribution is -0.136. The highest BCUT2D eigenvalue weighted by molar-refractivity contribution is 6.32. The molecule has 0 aliphatic carbocycles. The van der Waals surface area contributed by atoms with Gasteiger partial charge < -0.3 is 19.6 Å². The van der Waals surface area contributed by atoms with Crippen LogP contribution in [0.25, 0.3) is 0 Å². The molecule has 322 valence electrons. The molecule has 0 aromatic heterocycles. The number of carbonyl (C=O) groups excluding carboxylic acids is 5. The standard InChI is InChI=1S/C47H52ClN9O5/c48-40-26-36(6-3-32(40)27-49)55-20-15-47(30-55)13-18-54(19-14-47)44(60)31-1-4-33(5-2-31)52-21-23-53(24-22-52)34-11-16-51(17-12-34)37-28-56(29-37)35-7-8-38-39(25-35)46(62)57(45(38)61)41-9-10-42(58)50-43(41)59/h1-8,25-26,34,37,41H,9-24,28-30H2,(H,50,58,59). The number of halogens is 1. The number of carbonyl (C=O) groups is 5. The van der Waals surface area contributed by atoms with Crippen LogP contribution in [0.15, 0.2) is 60.7 Å². The number of hydrogen-bond acceptors (Lipinski definition) is 11. The molecule has 7 aliphatic rings. The second-order valence-corrected chi connectivity index (χ2v) is 18.7. The maximum absolute atomic E-state index is 13.6. The Balaban J connectivity index is 0.651. The highest BCUT2D eigenvalue weighted by atomic mass is 35.5. The second kappa shape index (κ2) is 16.3. The predicted molar refractivity (Wildman–Crippen MR) is 235 cm³/mol. The molecule has 1 atom stereocenters. The van der Waals surface area contributed by atoms with Gasteiger partial charge in [0.1, 0.15) is 12.1 Å². The van der Waals surface area contributed by atoms with Gasteiger partial charge in [0.15, 0.2) is 0 Å². The molecule has 10 rings (SSSR count). The first-order valence-corrected chi connectivity index (χ1v) is 22.6. The van der Waals surface area contributed by atoms with Gasteiger partial charge in [-0.05, 0) is 105 Å². The van der Waals surface area contributed by atoms with Gasteiger partial charge in [-0.1, -0.05) is 11.6 Å². The topological polar surface area (TPSA) is 144 Å². The van der Waals surface area contributed by atoms with Crippen molar-refractivity contribution in [1.29, 1.82) is 5.26 Å². The molecule has 3 aromatic carbocycles. The number of nitriles is 1. The molecule has 5 amide bonds. The molecule has 15 heteroatoms. The van der Waals surface area contributed by atoms with Crippen LogP contribution in [0.4, 0.5) is 17.1 Å². The number of anilines is 3. The van der Waals surface area contributed by atoms with E-state index in [1.54, 1.807) is 18.2 Å². The van der Waals surface area contributed by atoms with Crippen molar-refractivity contribution in [3.63, 3.8) is 0 Å². The lowest BCUT2D eigenvalue weighted by Crippen LogP contribution is -2.62. The number of likely N-dealkylation sites (tertiary alicyclic amines) is 2. The van der Waals surface area contributed by atoms with Gasteiger partial charge in [0.2, 0.25) is 11.8 Å². The minimum Gasteiger partial charge on any atom is -0.371 e. The Labute approximate surface area is 366 Å². The van der Waals surface area contributed by atoms with E-state index in [0.717, 1.165) is 132 Å². The van der Waals surface area contributed by atoms with Gasteiger partial charge in [0.25, 0.3) is 17.7 Å². The van der Waals surface area contributed by atoms with Crippen molar-refractivity contribution in [2.75, 3.05) is 93.2 Å². The smallest absolute Gasteiger partial charge is 0.262 e. The summed E-state index contributed by atoms with van der Waals surface area (Å²) in [5.41, 5.74) is 5.22. The summed E-state index contributed by atoms with van der Waals surface area (Å²) in [6.07, 6.45) is 5.60. The van der Waals surface area contributed by atoms with Crippen LogP contribution in [0.3, 0.4) is 0 Å². The van der Waals surface area contributed by atoms with Gasteiger partial charge in [-0.2, -0.15) is 5.26 Å². The maximum Gasteiger partial charge on any atom is 0.262 e. The number of piperidine rings is 3. The summed E-state index contributed by atoms with van der Waals surface area (Å²) in [5.74, 6) is -1.82. The zero-order valence-electron chi connectivity index (χ0n) is 34.9. The van der Waals surface area contributed by atoms with Crippen LogP contribution in [0.2, 0.25) is 5.02 Å². The van der Waals surface area contributed by atoms with Gasteiger partial charge >= 0.3 is 0 Å². The van der Waals surface area contributed by atoms with Crippen molar-refractivity contribution >= 4 is 58.2 Å². The number of hydrogen-bond donors (Lipinski definition) is 1. The summed E-state index contributed by atoms with van der Waals surface area (Å²) in [5, 5.41) is 12.0. The Morgan fingerprint density at radius 2 is 1.32 bits per heavy atom. The van der Waals surface area contributed by atoms with Gasteiger partial charge in [0.05, 0.1) is 21.7 Å². The number of amides is 5. The Kier molecular flexibility index (Phi) is 10.7. The van der Waals surface area contributed by atoms with E-state index in [1.165, 1.54) is 5.69 Å². The third kappa shape index (κ3) is 7.47. The molecule has 7 aliphatic heterocycles. The average molecular weight is 858 g/mol. The average Bonchev–Trinajstić information content (AvgIpc) is 3.80. The first kappa shape index (κ1) is 40.6. The van der Waals surface area contributed by atoms with E-state index in [9.17, 15) is 29.2 Å². The fourth-order valence-electron chi connectivity index (χ4n) is 11.1. The fourth-order valence-corrected chi connectivity index (χ4v) is 11.3. The van der Waals surface area contributed by atoms with Crippen molar-refractivity contribution in [3.8, 4) is 6.07 Å². The molecule has 0 saturated carbocycles. The molecule has 1 spiro atoms. The van der Waals surface area contributed by atoms with Crippen molar-refractivity contribution < 1.29 is 24.0 Å². The van der Waals surface area contributed by atoms with E-state index in [-0.39, 0.29) is 30.1 Å². The van der Waals surface area contributed by atoms with Crippen LogP contribution in [-0.4, -0.2) is 146 Å². The summed E-state index contributed by atoms with van der Waals surface area (Å²) in [4.78, 5) is 79.5. The van der Waals surface area contributed by atoms with Crippen LogP contribution in [0.1, 0.15) is 81.6 Å². The normalized spacial score (nSPS) is 23.8. The summed E-state index contributed by atoms with van der Waals surface area (Å²) in [6, 6.07) is 21.5. The number of benzene rings is 3. The van der Waals surface area contributed by atoms with Crippen LogP contribution < -0.4 is 20.0 Å². The van der Waals surface area contributed by atoms with E-state index in [1.807, 2.05) is 35.2 Å². The molecule has 62 heavy (non-hydrogen) atoms. The van der Waals surface area contributed by atoms with Crippen molar-refractivity contribution in [3.05, 3.63) is 87.9 Å². The fraction of sp³-hybridized carbons (Fsp3) is 0.489. The van der Waals surface area contributed by atoms with Crippen LogP contribution in [-0.2, 0) is 9.59 Å². The van der Waals surface area contributed by atoms with Crippen LogP contribution >= 0.6 is 11.6 Å². The molecule has 0 radical (unpaired) electrons. The highest BCUT2D eigenvalue weighted by Crippen LogP contribution is 2.43. The largest absolute Gasteiger partial charge is 0.371 e. The summed E-state index contributed by atoms with van der Waals surface area (Å²) >= 11 is 6.33. The number of fused-ring (bicyclic) bond motifs is 1. The van der Waals surface area contributed by atoms with Crippen LogP contribution in [0.5, 0.6) is 0 Å². The number of nitrogens with zero attached hydrogens (tertiary/aromatic N) is 8. The minimum absolute atomic E-state index is 0.0995. The summed E-state index contributed by atoms with van der Waals surface area (Å²) < 4.78 is 0. The Morgan fingerprint density at radius 1 is 0.677 bits per heavy atom. The van der Waals surface area contributed by atoms with Crippen LogP contribution in [0, 0.1) is 16.7 Å². The number of rotatable bonds is 7. The number of piperazine rings is 1. The minimum atomic E-state index is -0.963. The van der Waals surface area contributed by atoms with Crippen molar-refractivity contribution in [2.45, 2.75) is 63.1 Å². The second-order valence-electron chi connectivity index (χ2n) is 18.3. The summed E-state index contributed by atoms with van der Waals surface area (Å²) in [6.45, 7) is 11.2. The van der Waals surface area contributed by atoms with Gasteiger partial charge in [-0.15, -0.1) is 0 Å². The lowest BCUT2D eigenvalue weighted by atomic mass is 9.77. The quantitative estimate of drug-likeness (QED) is 0.342. The molecular formula is C47H52ClN9O5. The third-order valence-electron chi connectivity index (χ3n) is 15.0. The Morgan fingerprint density at radius 3 is 2.02 bits per heavy atom. The molecule has 3 aromatic rings. The van der Waals surface area contributed by atoms with Crippen molar-refractivity contribution in [1.82, 2.24) is 24.9 Å². The molecule has 0 bridgehead atoms. The van der Waals surface area contributed by atoms with E-state index in [4.69, 9.17) is 11.6 Å². The summed E-state index contributed by atoms with van der Waals surface area (Å²) in [7, 11) is 0. The maximum atomic E-state index is 13.6. The van der Waals surface area contributed by atoms with Gasteiger partial charge in [-0.3, -0.25) is 44.0 Å². The number of imide groups is 2. The molecule has 1 N–H and O–H groups in total. The molecule has 6 saturated heterocycles. The lowest BCUT2D eigenvalue weighted by Gasteiger charge is -2.50.